The van der Waals surface area contributed by atoms with E-state index in [1.165, 1.54) is 11.6 Å². The second-order valence-corrected chi connectivity index (χ2v) is 5.86. The summed E-state index contributed by atoms with van der Waals surface area (Å²) in [7, 11) is 0. The minimum absolute atomic E-state index is 0.0558. The zero-order valence-electron chi connectivity index (χ0n) is 11.2. The Hall–Kier alpha value is -2.08. The lowest BCUT2D eigenvalue weighted by Crippen LogP contribution is -2.11. The van der Waals surface area contributed by atoms with Crippen molar-refractivity contribution in [3.05, 3.63) is 56.5 Å². The highest BCUT2D eigenvalue weighted by Gasteiger charge is 2.15. The van der Waals surface area contributed by atoms with Crippen LogP contribution < -0.4 is 10.6 Å². The molecule has 6 heteroatoms. The predicted molar refractivity (Wildman–Crippen MR) is 87.3 cm³/mol. The van der Waals surface area contributed by atoms with Crippen LogP contribution in [0.5, 0.6) is 0 Å². The fraction of sp³-hybridized carbons (Fsp3) is 0.200. The van der Waals surface area contributed by atoms with Crippen molar-refractivity contribution in [2.75, 3.05) is 17.2 Å². The van der Waals surface area contributed by atoms with Gasteiger partial charge in [0.2, 0.25) is 0 Å². The number of benzene rings is 2. The molecule has 2 aromatic rings. The lowest BCUT2D eigenvalue weighted by atomic mass is 10.0. The number of aryl methyl sites for hydroxylation is 1. The maximum Gasteiger partial charge on any atom is 0.293 e. The van der Waals surface area contributed by atoms with Gasteiger partial charge in [-0.25, -0.2) is 0 Å². The quantitative estimate of drug-likeness (QED) is 0.635. The first-order valence-electron chi connectivity index (χ1n) is 6.71. The van der Waals surface area contributed by atoms with Crippen LogP contribution >= 0.6 is 15.9 Å². The van der Waals surface area contributed by atoms with Crippen LogP contribution in [0.3, 0.4) is 0 Å². The van der Waals surface area contributed by atoms with Gasteiger partial charge in [0.25, 0.3) is 5.69 Å². The van der Waals surface area contributed by atoms with Gasteiger partial charge in [-0.1, -0.05) is 15.9 Å². The molecule has 0 radical (unpaired) electrons. The largest absolute Gasteiger partial charge is 0.385 e. The third kappa shape index (κ3) is 3.00. The summed E-state index contributed by atoms with van der Waals surface area (Å²) in [6, 6.07) is 11.0. The summed E-state index contributed by atoms with van der Waals surface area (Å²) in [5.74, 6) is 0. The van der Waals surface area contributed by atoms with Gasteiger partial charge in [0.1, 0.15) is 5.69 Å². The van der Waals surface area contributed by atoms with E-state index in [0.717, 1.165) is 30.8 Å². The fourth-order valence-electron chi connectivity index (χ4n) is 2.47. The number of fused-ring (bicyclic) bond motifs is 1. The second-order valence-electron chi connectivity index (χ2n) is 4.95. The van der Waals surface area contributed by atoms with Crippen molar-refractivity contribution in [3.63, 3.8) is 0 Å². The molecule has 108 valence electrons. The van der Waals surface area contributed by atoms with Gasteiger partial charge in [0.15, 0.2) is 0 Å². The predicted octanol–water partition coefficient (Wildman–Crippen LogP) is 4.46. The highest BCUT2D eigenvalue weighted by atomic mass is 79.9. The fourth-order valence-corrected chi connectivity index (χ4v) is 2.82. The summed E-state index contributed by atoms with van der Waals surface area (Å²) >= 11 is 3.26. The van der Waals surface area contributed by atoms with Crippen LogP contribution in [-0.4, -0.2) is 11.5 Å². The zero-order valence-corrected chi connectivity index (χ0v) is 12.8. The first-order chi connectivity index (χ1) is 10.1. The SMILES string of the molecule is O=[N+]([O-])c1cc(Br)ccc1Nc1ccc2c(c1)CCCN2. The van der Waals surface area contributed by atoms with Gasteiger partial charge in [-0.05, 0) is 48.7 Å². The van der Waals surface area contributed by atoms with E-state index in [1.54, 1.807) is 12.1 Å². The number of anilines is 3. The summed E-state index contributed by atoms with van der Waals surface area (Å²) in [6.45, 7) is 0.998. The number of hydrogen-bond donors (Lipinski definition) is 2. The van der Waals surface area contributed by atoms with Crippen molar-refractivity contribution >= 4 is 38.7 Å². The van der Waals surface area contributed by atoms with E-state index >= 15 is 0 Å². The topological polar surface area (TPSA) is 67.2 Å². The highest BCUT2D eigenvalue weighted by Crippen LogP contribution is 2.32. The van der Waals surface area contributed by atoms with Crippen LogP contribution in [0.2, 0.25) is 0 Å². The van der Waals surface area contributed by atoms with E-state index in [4.69, 9.17) is 0 Å². The average Bonchev–Trinajstić information content (AvgIpc) is 2.49. The smallest absolute Gasteiger partial charge is 0.293 e. The molecule has 1 aliphatic rings. The summed E-state index contributed by atoms with van der Waals surface area (Å²) in [5.41, 5.74) is 3.80. The Labute approximate surface area is 130 Å². The highest BCUT2D eigenvalue weighted by molar-refractivity contribution is 9.10. The average molecular weight is 348 g/mol. The molecule has 0 saturated carbocycles. The van der Waals surface area contributed by atoms with Gasteiger partial charge in [-0.2, -0.15) is 0 Å². The molecule has 0 atom stereocenters. The number of nitrogens with zero attached hydrogens (tertiary/aromatic N) is 1. The van der Waals surface area contributed by atoms with Crippen LogP contribution in [0.1, 0.15) is 12.0 Å². The van der Waals surface area contributed by atoms with Crippen molar-refractivity contribution in [3.8, 4) is 0 Å². The molecular weight excluding hydrogens is 334 g/mol. The van der Waals surface area contributed by atoms with Crippen LogP contribution in [0.4, 0.5) is 22.7 Å². The van der Waals surface area contributed by atoms with E-state index in [1.807, 2.05) is 18.2 Å². The van der Waals surface area contributed by atoms with Crippen molar-refractivity contribution in [2.45, 2.75) is 12.8 Å². The van der Waals surface area contributed by atoms with E-state index < -0.39 is 0 Å². The van der Waals surface area contributed by atoms with Gasteiger partial charge < -0.3 is 10.6 Å². The monoisotopic (exact) mass is 347 g/mol. The molecule has 21 heavy (non-hydrogen) atoms. The molecule has 0 saturated heterocycles. The Kier molecular flexibility index (Phi) is 3.79. The van der Waals surface area contributed by atoms with Gasteiger partial charge in [0.05, 0.1) is 4.92 Å². The van der Waals surface area contributed by atoms with Crippen LogP contribution in [0.15, 0.2) is 40.9 Å². The minimum atomic E-state index is -0.382. The van der Waals surface area contributed by atoms with E-state index in [-0.39, 0.29) is 10.6 Å². The van der Waals surface area contributed by atoms with Gasteiger partial charge in [-0.3, -0.25) is 10.1 Å². The molecule has 0 amide bonds. The lowest BCUT2D eigenvalue weighted by Gasteiger charge is -2.19. The zero-order chi connectivity index (χ0) is 14.8. The third-order valence-corrected chi connectivity index (χ3v) is 3.97. The van der Waals surface area contributed by atoms with E-state index in [0.29, 0.717) is 10.2 Å². The van der Waals surface area contributed by atoms with Crippen LogP contribution in [0.25, 0.3) is 0 Å². The molecule has 5 nitrogen and oxygen atoms in total. The number of hydrogen-bond acceptors (Lipinski definition) is 4. The number of rotatable bonds is 3. The summed E-state index contributed by atoms with van der Waals surface area (Å²) in [4.78, 5) is 10.7. The maximum absolute atomic E-state index is 11.1. The van der Waals surface area contributed by atoms with E-state index in [9.17, 15) is 10.1 Å². The summed E-state index contributed by atoms with van der Waals surface area (Å²) in [6.07, 6.45) is 2.13. The van der Waals surface area contributed by atoms with Crippen LogP contribution in [-0.2, 0) is 6.42 Å². The molecule has 2 aromatic carbocycles. The Bertz CT molecular complexity index is 703. The molecule has 0 unspecified atom stereocenters. The molecule has 1 heterocycles. The maximum atomic E-state index is 11.1. The molecule has 0 fully saturated rings. The Morgan fingerprint density at radius 3 is 2.90 bits per heavy atom. The number of halogens is 1. The summed E-state index contributed by atoms with van der Waals surface area (Å²) < 4.78 is 0.689. The molecule has 0 bridgehead atoms. The first-order valence-corrected chi connectivity index (χ1v) is 7.50. The molecule has 2 N–H and O–H groups in total. The van der Waals surface area contributed by atoms with Crippen molar-refractivity contribution in [1.29, 1.82) is 0 Å². The molecule has 0 aromatic heterocycles. The molecular formula is C15H14BrN3O2. The van der Waals surface area contributed by atoms with Crippen LogP contribution in [0, 0.1) is 10.1 Å². The minimum Gasteiger partial charge on any atom is -0.385 e. The van der Waals surface area contributed by atoms with E-state index in [2.05, 4.69) is 26.6 Å². The van der Waals surface area contributed by atoms with Gasteiger partial charge in [-0.15, -0.1) is 0 Å². The van der Waals surface area contributed by atoms with Gasteiger partial charge in [0, 0.05) is 28.5 Å². The van der Waals surface area contributed by atoms with Crippen molar-refractivity contribution in [2.24, 2.45) is 0 Å². The summed E-state index contributed by atoms with van der Waals surface area (Å²) in [5, 5.41) is 17.6. The molecule has 3 rings (SSSR count). The Morgan fingerprint density at radius 1 is 1.24 bits per heavy atom. The Morgan fingerprint density at radius 2 is 2.10 bits per heavy atom. The lowest BCUT2D eigenvalue weighted by molar-refractivity contribution is -0.384. The van der Waals surface area contributed by atoms with Gasteiger partial charge >= 0.3 is 0 Å². The second kappa shape index (κ2) is 5.73. The molecule has 0 aliphatic carbocycles. The standard InChI is InChI=1S/C15H14BrN3O2/c16-11-3-5-14(15(9-11)19(20)21)18-12-4-6-13-10(8-12)2-1-7-17-13/h3-6,8-9,17-18H,1-2,7H2. The van der Waals surface area contributed by atoms with Crippen molar-refractivity contribution < 1.29 is 4.92 Å². The normalized spacial score (nSPS) is 13.2. The third-order valence-electron chi connectivity index (χ3n) is 3.48. The number of nitro benzene ring substituents is 1. The Balaban J connectivity index is 1.92. The van der Waals surface area contributed by atoms with Crippen molar-refractivity contribution in [1.82, 2.24) is 0 Å². The number of nitrogens with one attached hydrogen (secondary N) is 2. The first kappa shape index (κ1) is 13.9. The number of nitro groups is 1. The molecule has 1 aliphatic heterocycles. The molecule has 0 spiro atoms.